The van der Waals surface area contributed by atoms with E-state index in [1.807, 2.05) is 6.08 Å². The Morgan fingerprint density at radius 1 is 1.26 bits per heavy atom. The van der Waals surface area contributed by atoms with E-state index in [-0.39, 0.29) is 10.8 Å². The molecular weight excluding hydrogens is 284 g/mol. The second-order valence-corrected chi connectivity index (χ2v) is 9.56. The summed E-state index contributed by atoms with van der Waals surface area (Å²) in [5.41, 5.74) is 1.15. The van der Waals surface area contributed by atoms with E-state index in [0.29, 0.717) is 11.7 Å². The number of carbonyl (C=O) groups excluding carboxylic acids is 1. The van der Waals surface area contributed by atoms with Crippen LogP contribution in [0.2, 0.25) is 0 Å². The molecule has 5 aliphatic rings. The summed E-state index contributed by atoms with van der Waals surface area (Å²) in [4.78, 5) is 12.0. The van der Waals surface area contributed by atoms with Crippen molar-refractivity contribution < 1.29 is 9.90 Å². The third-order valence-electron chi connectivity index (χ3n) is 9.19. The molecule has 4 bridgehead atoms. The fourth-order valence-corrected chi connectivity index (χ4v) is 8.60. The van der Waals surface area contributed by atoms with Crippen LogP contribution >= 0.6 is 0 Å². The zero-order valence-electron chi connectivity index (χ0n) is 14.6. The average molecular weight is 314 g/mol. The summed E-state index contributed by atoms with van der Waals surface area (Å²) < 4.78 is 0. The van der Waals surface area contributed by atoms with E-state index in [2.05, 4.69) is 13.8 Å². The number of carbonyl (C=O) groups is 1. The van der Waals surface area contributed by atoms with Gasteiger partial charge in [0.1, 0.15) is 0 Å². The van der Waals surface area contributed by atoms with Crippen LogP contribution in [0.1, 0.15) is 71.6 Å². The van der Waals surface area contributed by atoms with Gasteiger partial charge < -0.3 is 5.11 Å². The highest BCUT2D eigenvalue weighted by Gasteiger charge is 2.79. The number of hydrogen-bond acceptors (Lipinski definition) is 2. The number of fused-ring (bicyclic) bond motifs is 3. The topological polar surface area (TPSA) is 37.3 Å². The molecule has 0 spiro atoms. The molecule has 0 aromatic carbocycles. The molecule has 0 saturated heterocycles. The molecule has 0 radical (unpaired) electrons. The van der Waals surface area contributed by atoms with E-state index in [0.717, 1.165) is 56.3 Å². The van der Waals surface area contributed by atoms with Crippen molar-refractivity contribution in [3.05, 3.63) is 11.6 Å². The molecule has 2 heteroatoms. The van der Waals surface area contributed by atoms with Crippen LogP contribution in [0.15, 0.2) is 11.6 Å². The highest BCUT2D eigenvalue weighted by molar-refractivity contribution is 5.91. The molecule has 0 amide bonds. The maximum absolute atomic E-state index is 12.0. The molecule has 4 fully saturated rings. The van der Waals surface area contributed by atoms with Crippen LogP contribution in [-0.4, -0.2) is 16.5 Å². The van der Waals surface area contributed by atoms with Crippen molar-refractivity contribution >= 4 is 5.78 Å². The zero-order valence-corrected chi connectivity index (χ0v) is 14.6. The SMILES string of the molecule is CCCC12CC3=CC(=O)CC[C@@H]3[C@H]3CC[C@@]4(C)C(CCC14O)C32. The lowest BCUT2D eigenvalue weighted by Gasteiger charge is -2.57. The van der Waals surface area contributed by atoms with Crippen molar-refractivity contribution in [2.24, 2.45) is 34.5 Å². The van der Waals surface area contributed by atoms with Gasteiger partial charge in [-0.2, -0.15) is 0 Å². The highest BCUT2D eigenvalue weighted by Crippen LogP contribution is 2.81. The van der Waals surface area contributed by atoms with Gasteiger partial charge in [0.05, 0.1) is 5.60 Å². The standard InChI is InChI=1S/C21H30O2/c1-3-8-20-12-13-11-14(22)4-5-15(13)16-6-9-19(2)17(18(16)20)7-10-21(19,20)23/h11,15-18,23H,3-10,12H2,1-2H3/t15-,16+,17?,18?,19-,20?,21?/m0/s1. The Labute approximate surface area is 139 Å². The first-order valence-corrected chi connectivity index (χ1v) is 9.92. The molecule has 5 rings (SSSR count). The van der Waals surface area contributed by atoms with Gasteiger partial charge in [-0.1, -0.05) is 25.8 Å². The third-order valence-corrected chi connectivity index (χ3v) is 9.19. The molecule has 4 unspecified atom stereocenters. The largest absolute Gasteiger partial charge is 0.389 e. The van der Waals surface area contributed by atoms with E-state index in [9.17, 15) is 9.90 Å². The third kappa shape index (κ3) is 1.41. The van der Waals surface area contributed by atoms with Crippen molar-refractivity contribution in [3.63, 3.8) is 0 Å². The Bertz CT molecular complexity index is 607. The van der Waals surface area contributed by atoms with E-state index in [1.165, 1.54) is 24.8 Å². The Morgan fingerprint density at radius 3 is 2.87 bits per heavy atom. The predicted molar refractivity (Wildman–Crippen MR) is 89.8 cm³/mol. The van der Waals surface area contributed by atoms with E-state index in [4.69, 9.17) is 0 Å². The Morgan fingerprint density at radius 2 is 2.09 bits per heavy atom. The number of aliphatic hydroxyl groups is 1. The minimum atomic E-state index is -0.480. The number of allylic oxidation sites excluding steroid dienone is 1. The van der Waals surface area contributed by atoms with E-state index in [1.54, 1.807) is 0 Å². The molecule has 0 heterocycles. The monoisotopic (exact) mass is 314 g/mol. The molecule has 23 heavy (non-hydrogen) atoms. The highest BCUT2D eigenvalue weighted by atomic mass is 16.3. The lowest BCUT2D eigenvalue weighted by molar-refractivity contribution is -0.144. The summed E-state index contributed by atoms with van der Waals surface area (Å²) in [5, 5.41) is 12.0. The number of rotatable bonds is 2. The molecular formula is C21H30O2. The van der Waals surface area contributed by atoms with Gasteiger partial charge in [-0.15, -0.1) is 0 Å². The van der Waals surface area contributed by atoms with Crippen molar-refractivity contribution in [3.8, 4) is 0 Å². The minimum absolute atomic E-state index is 0.0700. The molecule has 4 saturated carbocycles. The van der Waals surface area contributed by atoms with Crippen LogP contribution < -0.4 is 0 Å². The van der Waals surface area contributed by atoms with Crippen molar-refractivity contribution in [2.45, 2.75) is 77.2 Å². The number of ketones is 1. The van der Waals surface area contributed by atoms with Crippen LogP contribution in [0.25, 0.3) is 0 Å². The van der Waals surface area contributed by atoms with Gasteiger partial charge in [0.2, 0.25) is 0 Å². The summed E-state index contributed by atoms with van der Waals surface area (Å²) in [6, 6.07) is 0. The first kappa shape index (κ1) is 14.7. The first-order valence-electron chi connectivity index (χ1n) is 9.92. The molecule has 7 atom stereocenters. The van der Waals surface area contributed by atoms with Gasteiger partial charge >= 0.3 is 0 Å². The fraction of sp³-hybridized carbons (Fsp3) is 0.857. The summed E-state index contributed by atoms with van der Waals surface area (Å²) in [5.74, 6) is 3.17. The molecule has 126 valence electrons. The predicted octanol–water partition coefficient (Wildman–Crippen LogP) is 4.27. The van der Waals surface area contributed by atoms with Crippen LogP contribution in [0, 0.1) is 34.5 Å². The zero-order chi connectivity index (χ0) is 16.0. The Kier molecular flexibility index (Phi) is 2.75. The van der Waals surface area contributed by atoms with Gasteiger partial charge in [0, 0.05) is 11.8 Å². The molecule has 2 nitrogen and oxygen atoms in total. The van der Waals surface area contributed by atoms with Crippen LogP contribution in [-0.2, 0) is 4.79 Å². The second kappa shape index (κ2) is 4.31. The van der Waals surface area contributed by atoms with E-state index >= 15 is 0 Å². The van der Waals surface area contributed by atoms with Crippen molar-refractivity contribution in [2.75, 3.05) is 0 Å². The summed E-state index contributed by atoms with van der Waals surface area (Å²) in [6.45, 7) is 4.68. The maximum atomic E-state index is 12.0. The maximum Gasteiger partial charge on any atom is 0.155 e. The Balaban J connectivity index is 1.71. The normalized spacial score (nSPS) is 56.5. The smallest absolute Gasteiger partial charge is 0.155 e. The summed E-state index contributed by atoms with van der Waals surface area (Å²) in [6.07, 6.45) is 11.9. The van der Waals surface area contributed by atoms with Crippen LogP contribution in [0.4, 0.5) is 0 Å². The molecule has 5 aliphatic carbocycles. The minimum Gasteiger partial charge on any atom is -0.389 e. The van der Waals surface area contributed by atoms with Crippen molar-refractivity contribution in [1.29, 1.82) is 0 Å². The van der Waals surface area contributed by atoms with Gasteiger partial charge in [0.15, 0.2) is 5.78 Å². The lowest BCUT2D eigenvalue weighted by Crippen LogP contribution is -2.56. The molecule has 0 aromatic heterocycles. The van der Waals surface area contributed by atoms with Gasteiger partial charge in [0.25, 0.3) is 0 Å². The van der Waals surface area contributed by atoms with Gasteiger partial charge in [-0.3, -0.25) is 4.79 Å². The Hall–Kier alpha value is -0.630. The second-order valence-electron chi connectivity index (χ2n) is 9.56. The molecule has 1 N–H and O–H groups in total. The summed E-state index contributed by atoms with van der Waals surface area (Å²) >= 11 is 0. The quantitative estimate of drug-likeness (QED) is 0.826. The molecule has 0 aromatic rings. The fourth-order valence-electron chi connectivity index (χ4n) is 8.60. The summed E-state index contributed by atoms with van der Waals surface area (Å²) in [7, 11) is 0. The van der Waals surface area contributed by atoms with Gasteiger partial charge in [-0.25, -0.2) is 0 Å². The van der Waals surface area contributed by atoms with Gasteiger partial charge in [-0.05, 0) is 80.1 Å². The van der Waals surface area contributed by atoms with Crippen LogP contribution in [0.3, 0.4) is 0 Å². The lowest BCUT2D eigenvalue weighted by atomic mass is 9.48. The van der Waals surface area contributed by atoms with E-state index < -0.39 is 5.60 Å². The average Bonchev–Trinajstić information content (AvgIpc) is 2.85. The van der Waals surface area contributed by atoms with Crippen LogP contribution in [0.5, 0.6) is 0 Å². The van der Waals surface area contributed by atoms with Crippen molar-refractivity contribution in [1.82, 2.24) is 0 Å². The molecule has 0 aliphatic heterocycles. The number of hydrogen-bond donors (Lipinski definition) is 1. The first-order chi connectivity index (χ1) is 11.0.